The normalized spacial score (nSPS) is 9.92. The lowest BCUT2D eigenvalue weighted by Gasteiger charge is -2.18. The molecule has 0 unspecified atom stereocenters. The maximum atomic E-state index is 12.1. The molecule has 0 heterocycles. The summed E-state index contributed by atoms with van der Waals surface area (Å²) in [5.41, 5.74) is 1.98. The van der Waals surface area contributed by atoms with E-state index in [0.717, 1.165) is 5.56 Å². The van der Waals surface area contributed by atoms with Gasteiger partial charge in [0.2, 0.25) is 0 Å². The largest absolute Gasteiger partial charge is 0.445 e. The van der Waals surface area contributed by atoms with Crippen LogP contribution in [0.4, 0.5) is 10.5 Å². The van der Waals surface area contributed by atoms with Crippen molar-refractivity contribution in [3.8, 4) is 6.07 Å². The van der Waals surface area contributed by atoms with E-state index in [9.17, 15) is 14.9 Å². The summed E-state index contributed by atoms with van der Waals surface area (Å²) >= 11 is 0. The third kappa shape index (κ3) is 5.04. The fourth-order valence-electron chi connectivity index (χ4n) is 2.28. The first-order valence-electron chi connectivity index (χ1n) is 7.56. The molecule has 0 aliphatic heterocycles. The molecular weight excluding hydrogens is 322 g/mol. The fourth-order valence-corrected chi connectivity index (χ4v) is 2.28. The van der Waals surface area contributed by atoms with E-state index >= 15 is 0 Å². The maximum Gasteiger partial charge on any atom is 0.410 e. The minimum Gasteiger partial charge on any atom is -0.445 e. The van der Waals surface area contributed by atoms with E-state index in [-0.39, 0.29) is 25.3 Å². The molecule has 7 nitrogen and oxygen atoms in total. The van der Waals surface area contributed by atoms with Crippen molar-refractivity contribution in [1.29, 1.82) is 5.26 Å². The van der Waals surface area contributed by atoms with E-state index in [0.29, 0.717) is 11.1 Å². The Morgan fingerprint density at radius 1 is 1.24 bits per heavy atom. The van der Waals surface area contributed by atoms with E-state index in [1.807, 2.05) is 36.4 Å². The van der Waals surface area contributed by atoms with Crippen molar-refractivity contribution in [2.45, 2.75) is 19.6 Å². The van der Waals surface area contributed by atoms with E-state index in [1.54, 1.807) is 13.1 Å². The van der Waals surface area contributed by atoms with Crippen molar-refractivity contribution in [1.82, 2.24) is 4.90 Å². The number of carbonyl (C=O) groups is 1. The van der Waals surface area contributed by atoms with Crippen LogP contribution in [0.3, 0.4) is 0 Å². The van der Waals surface area contributed by atoms with Crippen molar-refractivity contribution >= 4 is 11.8 Å². The molecule has 0 fully saturated rings. The summed E-state index contributed by atoms with van der Waals surface area (Å²) in [5, 5.41) is 19.8. The summed E-state index contributed by atoms with van der Waals surface area (Å²) in [7, 11) is 1.54. The number of ether oxygens (including phenoxy) is 1. The van der Waals surface area contributed by atoms with E-state index < -0.39 is 11.0 Å². The molecule has 0 saturated heterocycles. The van der Waals surface area contributed by atoms with Gasteiger partial charge in [0.25, 0.3) is 5.69 Å². The van der Waals surface area contributed by atoms with Crippen LogP contribution in [0.15, 0.2) is 48.5 Å². The van der Waals surface area contributed by atoms with E-state index in [2.05, 4.69) is 0 Å². The number of nitrogens with zero attached hydrogens (tertiary/aromatic N) is 3. The van der Waals surface area contributed by atoms with Crippen LogP contribution in [0, 0.1) is 21.4 Å². The first-order chi connectivity index (χ1) is 12.0. The van der Waals surface area contributed by atoms with Gasteiger partial charge >= 0.3 is 6.09 Å². The van der Waals surface area contributed by atoms with Crippen molar-refractivity contribution < 1.29 is 14.5 Å². The molecule has 0 aromatic heterocycles. The Morgan fingerprint density at radius 2 is 1.96 bits per heavy atom. The molecule has 0 spiro atoms. The topological polar surface area (TPSA) is 96.5 Å². The zero-order valence-electron chi connectivity index (χ0n) is 13.7. The van der Waals surface area contributed by atoms with Gasteiger partial charge < -0.3 is 9.64 Å². The SMILES string of the molecule is CN(Cc1cc([N+](=O)[O-])ccc1CC#N)C(=O)OCc1ccccc1. The van der Waals surface area contributed by atoms with Crippen LogP contribution in [0.25, 0.3) is 0 Å². The molecule has 0 saturated carbocycles. The molecule has 2 aromatic carbocycles. The van der Waals surface area contributed by atoms with Gasteiger partial charge in [-0.15, -0.1) is 0 Å². The van der Waals surface area contributed by atoms with Crippen LogP contribution < -0.4 is 0 Å². The number of nitriles is 1. The predicted molar refractivity (Wildman–Crippen MR) is 90.5 cm³/mol. The monoisotopic (exact) mass is 339 g/mol. The highest BCUT2D eigenvalue weighted by Crippen LogP contribution is 2.20. The maximum absolute atomic E-state index is 12.1. The van der Waals surface area contributed by atoms with Crippen molar-refractivity contribution in [3.63, 3.8) is 0 Å². The van der Waals surface area contributed by atoms with Gasteiger partial charge in [0.05, 0.1) is 17.4 Å². The van der Waals surface area contributed by atoms with Gasteiger partial charge in [0.15, 0.2) is 0 Å². The quantitative estimate of drug-likeness (QED) is 0.593. The highest BCUT2D eigenvalue weighted by Gasteiger charge is 2.16. The smallest absolute Gasteiger partial charge is 0.410 e. The number of carbonyl (C=O) groups excluding carboxylic acids is 1. The number of benzene rings is 2. The van der Waals surface area contributed by atoms with Gasteiger partial charge in [-0.05, 0) is 16.7 Å². The van der Waals surface area contributed by atoms with Crippen molar-refractivity contribution in [3.05, 3.63) is 75.3 Å². The van der Waals surface area contributed by atoms with Gasteiger partial charge in [-0.3, -0.25) is 10.1 Å². The molecule has 7 heteroatoms. The average Bonchev–Trinajstić information content (AvgIpc) is 2.62. The summed E-state index contributed by atoms with van der Waals surface area (Å²) in [6.07, 6.45) is -0.432. The van der Waals surface area contributed by atoms with Gasteiger partial charge in [-0.2, -0.15) is 5.26 Å². The minimum atomic E-state index is -0.543. The molecule has 0 bridgehead atoms. The number of hydrogen-bond acceptors (Lipinski definition) is 5. The Bertz CT molecular complexity index is 800. The summed E-state index contributed by atoms with van der Waals surface area (Å²) in [6, 6.07) is 15.6. The summed E-state index contributed by atoms with van der Waals surface area (Å²) in [4.78, 5) is 23.9. The van der Waals surface area contributed by atoms with Crippen LogP contribution in [-0.2, 0) is 24.3 Å². The Hall–Kier alpha value is -3.40. The highest BCUT2D eigenvalue weighted by atomic mass is 16.6. The second-order valence-electron chi connectivity index (χ2n) is 5.44. The molecule has 0 N–H and O–H groups in total. The number of nitro groups is 1. The van der Waals surface area contributed by atoms with Crippen molar-refractivity contribution in [2.24, 2.45) is 0 Å². The number of non-ortho nitro benzene ring substituents is 1. The molecule has 2 rings (SSSR count). The third-order valence-corrected chi connectivity index (χ3v) is 3.59. The Morgan fingerprint density at radius 3 is 2.60 bits per heavy atom. The summed E-state index contributed by atoms with van der Waals surface area (Å²) < 4.78 is 5.23. The van der Waals surface area contributed by atoms with Crippen LogP contribution in [0.2, 0.25) is 0 Å². The van der Waals surface area contributed by atoms with Gasteiger partial charge in [-0.1, -0.05) is 36.4 Å². The van der Waals surface area contributed by atoms with E-state index in [1.165, 1.54) is 17.0 Å². The second-order valence-corrected chi connectivity index (χ2v) is 5.44. The minimum absolute atomic E-state index is 0.0808. The van der Waals surface area contributed by atoms with Gasteiger partial charge in [-0.25, -0.2) is 4.79 Å². The number of rotatable bonds is 6. The lowest BCUT2D eigenvalue weighted by molar-refractivity contribution is -0.384. The first kappa shape index (κ1) is 17.9. The molecule has 0 radical (unpaired) electrons. The summed E-state index contributed by atoms with van der Waals surface area (Å²) in [5.74, 6) is 0. The Labute approximate surface area is 145 Å². The standard InChI is InChI=1S/C18H17N3O4/c1-20(18(22)25-13-14-5-3-2-4-6-14)12-16-11-17(21(23)24)8-7-15(16)9-10-19/h2-8,11H,9,12-13H2,1H3. The average molecular weight is 339 g/mol. The lowest BCUT2D eigenvalue weighted by atomic mass is 10.0. The van der Waals surface area contributed by atoms with Gasteiger partial charge in [0, 0.05) is 25.7 Å². The van der Waals surface area contributed by atoms with Crippen LogP contribution in [0.1, 0.15) is 16.7 Å². The molecule has 2 aromatic rings. The van der Waals surface area contributed by atoms with Crippen LogP contribution in [-0.4, -0.2) is 23.0 Å². The molecule has 0 aliphatic carbocycles. The number of amides is 1. The van der Waals surface area contributed by atoms with Crippen LogP contribution >= 0.6 is 0 Å². The zero-order chi connectivity index (χ0) is 18.2. The zero-order valence-corrected chi connectivity index (χ0v) is 13.7. The molecular formula is C18H17N3O4. The number of hydrogen-bond donors (Lipinski definition) is 0. The van der Waals surface area contributed by atoms with Gasteiger partial charge in [0.1, 0.15) is 6.61 Å². The first-order valence-corrected chi connectivity index (χ1v) is 7.56. The fraction of sp³-hybridized carbons (Fsp3) is 0.222. The highest BCUT2D eigenvalue weighted by molar-refractivity contribution is 5.67. The Kier molecular flexibility index (Phi) is 6.07. The third-order valence-electron chi connectivity index (χ3n) is 3.59. The van der Waals surface area contributed by atoms with Crippen LogP contribution in [0.5, 0.6) is 0 Å². The van der Waals surface area contributed by atoms with Crippen molar-refractivity contribution in [2.75, 3.05) is 7.05 Å². The number of nitro benzene ring substituents is 1. The van der Waals surface area contributed by atoms with E-state index in [4.69, 9.17) is 10.00 Å². The lowest BCUT2D eigenvalue weighted by Crippen LogP contribution is -2.27. The molecule has 0 aliphatic rings. The predicted octanol–water partition coefficient (Wildman–Crippen LogP) is 3.43. The molecule has 0 atom stereocenters. The second kappa shape index (κ2) is 8.45. The molecule has 25 heavy (non-hydrogen) atoms. The summed E-state index contributed by atoms with van der Waals surface area (Å²) in [6.45, 7) is 0.260. The molecule has 128 valence electrons. The Balaban J connectivity index is 2.06. The molecule has 1 amide bonds.